The number of nitrogens with zero attached hydrogens (tertiary/aromatic N) is 3. The molecule has 0 bridgehead atoms. The van der Waals surface area contributed by atoms with Crippen molar-refractivity contribution in [2.24, 2.45) is 0 Å². The maximum Gasteiger partial charge on any atom is 0.279 e. The van der Waals surface area contributed by atoms with Crippen molar-refractivity contribution >= 4 is 22.5 Å². The SMILES string of the molecule is CCCCCn1nc(C(=O)N2CCCc3ccccc32)c2ccccc21. The van der Waals surface area contributed by atoms with Gasteiger partial charge in [0.2, 0.25) is 0 Å². The summed E-state index contributed by atoms with van der Waals surface area (Å²) < 4.78 is 2.01. The first-order valence-electron chi connectivity index (χ1n) is 9.65. The Kier molecular flexibility index (Phi) is 4.74. The highest BCUT2D eigenvalue weighted by atomic mass is 16.2. The van der Waals surface area contributed by atoms with Crippen LogP contribution in [0.2, 0.25) is 0 Å². The summed E-state index contributed by atoms with van der Waals surface area (Å²) in [6.07, 6.45) is 5.47. The Labute approximate surface area is 154 Å². The van der Waals surface area contributed by atoms with Gasteiger partial charge in [-0.3, -0.25) is 9.48 Å². The predicted molar refractivity (Wildman–Crippen MR) is 106 cm³/mol. The zero-order valence-corrected chi connectivity index (χ0v) is 15.3. The van der Waals surface area contributed by atoms with Crippen LogP contribution in [0.25, 0.3) is 10.9 Å². The van der Waals surface area contributed by atoms with Crippen LogP contribution in [0.15, 0.2) is 48.5 Å². The van der Waals surface area contributed by atoms with E-state index in [-0.39, 0.29) is 5.91 Å². The van der Waals surface area contributed by atoms with Crippen molar-refractivity contribution in [3.8, 4) is 0 Å². The van der Waals surface area contributed by atoms with E-state index in [0.29, 0.717) is 5.69 Å². The number of hydrogen-bond donors (Lipinski definition) is 0. The molecule has 1 aliphatic rings. The van der Waals surface area contributed by atoms with Crippen LogP contribution in [-0.2, 0) is 13.0 Å². The first kappa shape index (κ1) is 16.8. The van der Waals surface area contributed by atoms with Gasteiger partial charge < -0.3 is 4.90 Å². The molecule has 4 nitrogen and oxygen atoms in total. The van der Waals surface area contributed by atoms with Crippen LogP contribution < -0.4 is 4.90 Å². The third kappa shape index (κ3) is 3.00. The molecule has 4 heteroatoms. The topological polar surface area (TPSA) is 38.1 Å². The Balaban J connectivity index is 1.72. The molecule has 0 N–H and O–H groups in total. The highest BCUT2D eigenvalue weighted by Gasteiger charge is 2.27. The van der Waals surface area contributed by atoms with Crippen LogP contribution in [0.1, 0.15) is 48.7 Å². The van der Waals surface area contributed by atoms with E-state index < -0.39 is 0 Å². The molecule has 0 spiro atoms. The van der Waals surface area contributed by atoms with Crippen LogP contribution in [0, 0.1) is 0 Å². The van der Waals surface area contributed by atoms with Crippen molar-refractivity contribution in [1.29, 1.82) is 0 Å². The fraction of sp³-hybridized carbons (Fsp3) is 0.364. The van der Waals surface area contributed by atoms with Gasteiger partial charge in [-0.2, -0.15) is 5.10 Å². The number of carbonyl (C=O) groups excluding carboxylic acids is 1. The number of amides is 1. The molecule has 0 aliphatic carbocycles. The summed E-state index contributed by atoms with van der Waals surface area (Å²) in [6.45, 7) is 3.81. The zero-order valence-electron chi connectivity index (χ0n) is 15.3. The summed E-state index contributed by atoms with van der Waals surface area (Å²) in [5, 5.41) is 5.69. The third-order valence-corrected chi connectivity index (χ3v) is 5.19. The number of aromatic nitrogens is 2. The fourth-order valence-electron chi connectivity index (χ4n) is 3.84. The highest BCUT2D eigenvalue weighted by molar-refractivity contribution is 6.12. The molecule has 1 aliphatic heterocycles. The molecule has 4 rings (SSSR count). The quantitative estimate of drug-likeness (QED) is 0.621. The van der Waals surface area contributed by atoms with Crippen LogP contribution in [-0.4, -0.2) is 22.2 Å². The lowest BCUT2D eigenvalue weighted by molar-refractivity contribution is 0.0981. The normalized spacial score (nSPS) is 13.8. The number of anilines is 1. The van der Waals surface area contributed by atoms with Crippen molar-refractivity contribution in [1.82, 2.24) is 9.78 Å². The second-order valence-corrected chi connectivity index (χ2v) is 6.99. The van der Waals surface area contributed by atoms with Crippen LogP contribution in [0.3, 0.4) is 0 Å². The smallest absolute Gasteiger partial charge is 0.279 e. The van der Waals surface area contributed by atoms with Gasteiger partial charge in [0.15, 0.2) is 5.69 Å². The van der Waals surface area contributed by atoms with Crippen LogP contribution in [0.4, 0.5) is 5.69 Å². The van der Waals surface area contributed by atoms with Crippen LogP contribution in [0.5, 0.6) is 0 Å². The number of benzene rings is 2. The summed E-state index contributed by atoms with van der Waals surface area (Å²) in [6, 6.07) is 16.3. The summed E-state index contributed by atoms with van der Waals surface area (Å²) in [5.41, 5.74) is 3.91. The van der Waals surface area contributed by atoms with Crippen molar-refractivity contribution in [2.45, 2.75) is 45.6 Å². The number of para-hydroxylation sites is 2. The summed E-state index contributed by atoms with van der Waals surface area (Å²) in [7, 11) is 0. The predicted octanol–water partition coefficient (Wildman–Crippen LogP) is 4.82. The monoisotopic (exact) mass is 347 g/mol. The highest BCUT2D eigenvalue weighted by Crippen LogP contribution is 2.29. The molecule has 0 saturated heterocycles. The van der Waals surface area contributed by atoms with Crippen molar-refractivity contribution in [3.63, 3.8) is 0 Å². The van der Waals surface area contributed by atoms with Gasteiger partial charge >= 0.3 is 0 Å². The molecule has 0 atom stereocenters. The lowest BCUT2D eigenvalue weighted by atomic mass is 10.0. The minimum Gasteiger partial charge on any atom is -0.307 e. The van der Waals surface area contributed by atoms with E-state index in [9.17, 15) is 4.79 Å². The van der Waals surface area contributed by atoms with E-state index in [1.807, 2.05) is 46.0 Å². The first-order chi connectivity index (χ1) is 12.8. The summed E-state index contributed by atoms with van der Waals surface area (Å²) >= 11 is 0. The summed E-state index contributed by atoms with van der Waals surface area (Å²) in [4.78, 5) is 15.3. The van der Waals surface area contributed by atoms with Gasteiger partial charge in [0.25, 0.3) is 5.91 Å². The largest absolute Gasteiger partial charge is 0.307 e. The molecule has 26 heavy (non-hydrogen) atoms. The molecule has 1 amide bonds. The number of hydrogen-bond acceptors (Lipinski definition) is 2. The van der Waals surface area contributed by atoms with Gasteiger partial charge in [0.05, 0.1) is 5.52 Å². The number of fused-ring (bicyclic) bond motifs is 2. The van der Waals surface area contributed by atoms with Crippen molar-refractivity contribution in [2.75, 3.05) is 11.4 Å². The molecular weight excluding hydrogens is 322 g/mol. The van der Waals surface area contributed by atoms with E-state index in [1.54, 1.807) is 0 Å². The number of unbranched alkanes of at least 4 members (excludes halogenated alkanes) is 2. The maximum atomic E-state index is 13.4. The third-order valence-electron chi connectivity index (χ3n) is 5.19. The molecule has 0 unspecified atom stereocenters. The van der Waals surface area contributed by atoms with E-state index in [4.69, 9.17) is 5.10 Å². The molecule has 0 saturated carbocycles. The van der Waals surface area contributed by atoms with E-state index >= 15 is 0 Å². The minimum atomic E-state index is 0.0163. The standard InChI is InChI=1S/C22H25N3O/c1-2-3-8-16-25-20-14-7-5-12-18(20)21(23-25)22(26)24-15-9-11-17-10-4-6-13-19(17)24/h4-7,10,12-14H,2-3,8-9,11,15-16H2,1H3. The molecule has 2 aromatic carbocycles. The first-order valence-corrected chi connectivity index (χ1v) is 9.65. The molecule has 3 aromatic rings. The van der Waals surface area contributed by atoms with Crippen molar-refractivity contribution in [3.05, 3.63) is 59.8 Å². The van der Waals surface area contributed by atoms with E-state index in [0.717, 1.165) is 48.9 Å². The molecule has 2 heterocycles. The lowest BCUT2D eigenvalue weighted by Gasteiger charge is -2.28. The Morgan fingerprint density at radius 1 is 1.08 bits per heavy atom. The Morgan fingerprint density at radius 2 is 1.88 bits per heavy atom. The molecule has 1 aromatic heterocycles. The van der Waals surface area contributed by atoms with E-state index in [1.165, 1.54) is 18.4 Å². The Morgan fingerprint density at radius 3 is 2.77 bits per heavy atom. The fourth-order valence-corrected chi connectivity index (χ4v) is 3.84. The van der Waals surface area contributed by atoms with Crippen LogP contribution >= 0.6 is 0 Å². The van der Waals surface area contributed by atoms with Gasteiger partial charge in [-0.05, 0) is 37.0 Å². The lowest BCUT2D eigenvalue weighted by Crippen LogP contribution is -2.35. The average molecular weight is 347 g/mol. The maximum absolute atomic E-state index is 13.4. The van der Waals surface area contributed by atoms with Gasteiger partial charge in [0.1, 0.15) is 0 Å². The van der Waals surface area contributed by atoms with Gasteiger partial charge in [-0.1, -0.05) is 56.2 Å². The second kappa shape index (κ2) is 7.32. The minimum absolute atomic E-state index is 0.0163. The van der Waals surface area contributed by atoms with Crippen molar-refractivity contribution < 1.29 is 4.79 Å². The zero-order chi connectivity index (χ0) is 17.9. The van der Waals surface area contributed by atoms with Gasteiger partial charge in [-0.15, -0.1) is 0 Å². The van der Waals surface area contributed by atoms with E-state index in [2.05, 4.69) is 19.1 Å². The number of carbonyl (C=O) groups is 1. The van der Waals surface area contributed by atoms with Gasteiger partial charge in [0, 0.05) is 24.2 Å². The number of rotatable bonds is 5. The average Bonchev–Trinajstić information content (AvgIpc) is 3.06. The second-order valence-electron chi connectivity index (χ2n) is 6.99. The summed E-state index contributed by atoms with van der Waals surface area (Å²) in [5.74, 6) is 0.0163. The number of aryl methyl sites for hydroxylation is 2. The molecule has 0 radical (unpaired) electrons. The Bertz CT molecular complexity index is 928. The molecular formula is C22H25N3O. The molecule has 0 fully saturated rings. The molecule has 134 valence electrons. The van der Waals surface area contributed by atoms with Gasteiger partial charge in [-0.25, -0.2) is 0 Å². The Hall–Kier alpha value is -2.62.